The number of rotatable bonds is 4. The second-order valence-corrected chi connectivity index (χ2v) is 4.79. The van der Waals surface area contributed by atoms with Gasteiger partial charge in [0.25, 0.3) is 0 Å². The van der Waals surface area contributed by atoms with Crippen molar-refractivity contribution in [1.29, 1.82) is 0 Å². The lowest BCUT2D eigenvalue weighted by Crippen LogP contribution is -2.38. The summed E-state index contributed by atoms with van der Waals surface area (Å²) >= 11 is 0. The molecule has 1 aliphatic rings. The number of pyridine rings is 1. The number of hydrogen-bond acceptors (Lipinski definition) is 4. The molecule has 2 heterocycles. The van der Waals surface area contributed by atoms with Crippen molar-refractivity contribution in [2.75, 3.05) is 24.6 Å². The molecule has 0 aliphatic carbocycles. The van der Waals surface area contributed by atoms with Gasteiger partial charge in [-0.3, -0.25) is 0 Å². The smallest absolute Gasteiger partial charge is 0.417 e. The van der Waals surface area contributed by atoms with Crippen molar-refractivity contribution in [3.63, 3.8) is 0 Å². The fraction of sp³-hybridized carbons (Fsp3) is 0.538. The first-order valence-corrected chi connectivity index (χ1v) is 6.48. The Morgan fingerprint density at radius 1 is 1.38 bits per heavy atom. The summed E-state index contributed by atoms with van der Waals surface area (Å²) in [6.07, 6.45) is -2.45. The van der Waals surface area contributed by atoms with Gasteiger partial charge in [0.1, 0.15) is 12.4 Å². The van der Waals surface area contributed by atoms with E-state index in [1.807, 2.05) is 4.90 Å². The maximum Gasteiger partial charge on any atom is 0.417 e. The molecule has 0 radical (unpaired) electrons. The molecule has 2 rings (SSSR count). The molecule has 0 spiro atoms. The first kappa shape index (κ1) is 15.6. The average Bonchev–Trinajstić information content (AvgIpc) is 2.45. The van der Waals surface area contributed by atoms with Crippen molar-refractivity contribution in [2.45, 2.75) is 25.1 Å². The zero-order chi connectivity index (χ0) is 15.5. The van der Waals surface area contributed by atoms with E-state index in [-0.39, 0.29) is 12.7 Å². The highest BCUT2D eigenvalue weighted by Crippen LogP contribution is 2.29. The van der Waals surface area contributed by atoms with Crippen LogP contribution in [0.4, 0.5) is 19.0 Å². The lowest BCUT2D eigenvalue weighted by atomic mass is 10.1. The van der Waals surface area contributed by atoms with Crippen LogP contribution in [0.15, 0.2) is 18.3 Å². The van der Waals surface area contributed by atoms with Gasteiger partial charge in [-0.05, 0) is 25.0 Å². The molecule has 1 aromatic rings. The first-order chi connectivity index (χ1) is 9.86. The first-order valence-electron chi connectivity index (χ1n) is 6.48. The van der Waals surface area contributed by atoms with Gasteiger partial charge in [0.05, 0.1) is 11.7 Å². The Kier molecular flexibility index (Phi) is 4.66. The predicted octanol–water partition coefficient (Wildman–Crippen LogP) is 2.17. The highest BCUT2D eigenvalue weighted by molar-refractivity contribution is 5.68. The normalized spacial score (nSPS) is 17.0. The molecule has 116 valence electrons. The Hall–Kier alpha value is -1.83. The van der Waals surface area contributed by atoms with Gasteiger partial charge in [-0.2, -0.15) is 13.2 Å². The number of halogens is 3. The number of anilines is 1. The van der Waals surface area contributed by atoms with Gasteiger partial charge >= 0.3 is 12.1 Å². The van der Waals surface area contributed by atoms with Crippen LogP contribution in [-0.2, 0) is 15.7 Å². The number of carboxylic acids is 1. The molecule has 0 atom stereocenters. The van der Waals surface area contributed by atoms with E-state index >= 15 is 0 Å². The molecule has 8 heteroatoms. The van der Waals surface area contributed by atoms with E-state index < -0.39 is 17.7 Å². The second kappa shape index (κ2) is 6.30. The van der Waals surface area contributed by atoms with Gasteiger partial charge in [0.15, 0.2) is 0 Å². The van der Waals surface area contributed by atoms with Gasteiger partial charge < -0.3 is 14.7 Å². The number of carbonyl (C=O) groups is 1. The summed E-state index contributed by atoms with van der Waals surface area (Å²) < 4.78 is 42.5. The molecule has 1 aromatic heterocycles. The number of piperidine rings is 1. The molecule has 1 N–H and O–H groups in total. The topological polar surface area (TPSA) is 62.7 Å². The van der Waals surface area contributed by atoms with E-state index in [4.69, 9.17) is 9.84 Å². The molecular formula is C13H15F3N2O3. The molecule has 0 amide bonds. The van der Waals surface area contributed by atoms with Gasteiger partial charge in [-0.25, -0.2) is 9.78 Å². The number of hydrogen-bond donors (Lipinski definition) is 1. The van der Waals surface area contributed by atoms with E-state index in [1.54, 1.807) is 0 Å². The van der Waals surface area contributed by atoms with Gasteiger partial charge in [-0.1, -0.05) is 0 Å². The minimum Gasteiger partial charge on any atom is -0.480 e. The Bertz CT molecular complexity index is 482. The Labute approximate surface area is 119 Å². The quantitative estimate of drug-likeness (QED) is 0.923. The number of nitrogens with zero attached hydrogens (tertiary/aromatic N) is 2. The monoisotopic (exact) mass is 304 g/mol. The lowest BCUT2D eigenvalue weighted by molar-refractivity contribution is -0.144. The summed E-state index contributed by atoms with van der Waals surface area (Å²) in [5, 5.41) is 8.53. The number of alkyl halides is 3. The molecule has 0 aromatic carbocycles. The van der Waals surface area contributed by atoms with Crippen LogP contribution in [0, 0.1) is 0 Å². The van der Waals surface area contributed by atoms with Gasteiger partial charge in [0.2, 0.25) is 0 Å². The maximum absolute atomic E-state index is 12.4. The van der Waals surface area contributed by atoms with E-state index in [1.165, 1.54) is 6.07 Å². The Morgan fingerprint density at radius 3 is 2.52 bits per heavy atom. The molecule has 21 heavy (non-hydrogen) atoms. The SMILES string of the molecule is O=C(O)COC1CCN(c2ccc(C(F)(F)F)cn2)CC1. The van der Waals surface area contributed by atoms with Crippen LogP contribution < -0.4 is 4.90 Å². The van der Waals surface area contributed by atoms with Gasteiger partial charge in [-0.15, -0.1) is 0 Å². The lowest BCUT2D eigenvalue weighted by Gasteiger charge is -2.32. The highest BCUT2D eigenvalue weighted by Gasteiger charge is 2.31. The summed E-state index contributed by atoms with van der Waals surface area (Å²) in [6, 6.07) is 2.36. The van der Waals surface area contributed by atoms with Crippen molar-refractivity contribution in [3.8, 4) is 0 Å². The molecule has 1 saturated heterocycles. The molecule has 0 saturated carbocycles. The van der Waals surface area contributed by atoms with Crippen LogP contribution in [0.3, 0.4) is 0 Å². The standard InChI is InChI=1S/C13H15F3N2O3/c14-13(15,16)9-1-2-11(17-7-9)18-5-3-10(4-6-18)21-8-12(19)20/h1-2,7,10H,3-6,8H2,(H,19,20). The summed E-state index contributed by atoms with van der Waals surface area (Å²) in [6.45, 7) is 0.814. The summed E-state index contributed by atoms with van der Waals surface area (Å²) in [4.78, 5) is 16.1. The fourth-order valence-corrected chi connectivity index (χ4v) is 2.18. The third-order valence-electron chi connectivity index (χ3n) is 3.28. The van der Waals surface area contributed by atoms with Crippen molar-refractivity contribution in [1.82, 2.24) is 4.98 Å². The number of aromatic nitrogens is 1. The van der Waals surface area contributed by atoms with E-state index in [9.17, 15) is 18.0 Å². The maximum atomic E-state index is 12.4. The van der Waals surface area contributed by atoms with Crippen molar-refractivity contribution >= 4 is 11.8 Å². The van der Waals surface area contributed by atoms with E-state index in [0.29, 0.717) is 31.7 Å². The Balaban J connectivity index is 1.89. The number of ether oxygens (including phenoxy) is 1. The zero-order valence-corrected chi connectivity index (χ0v) is 11.1. The van der Waals surface area contributed by atoms with Crippen molar-refractivity contribution in [3.05, 3.63) is 23.9 Å². The summed E-state index contributed by atoms with van der Waals surface area (Å²) in [7, 11) is 0. The van der Waals surface area contributed by atoms with Crippen LogP contribution in [0.5, 0.6) is 0 Å². The van der Waals surface area contributed by atoms with Crippen LogP contribution >= 0.6 is 0 Å². The molecule has 1 aliphatic heterocycles. The zero-order valence-electron chi connectivity index (χ0n) is 11.1. The van der Waals surface area contributed by atoms with Crippen LogP contribution in [0.25, 0.3) is 0 Å². The van der Waals surface area contributed by atoms with Crippen LogP contribution in [0.1, 0.15) is 18.4 Å². The van der Waals surface area contributed by atoms with Crippen LogP contribution in [-0.4, -0.2) is 41.9 Å². The fourth-order valence-electron chi connectivity index (χ4n) is 2.18. The van der Waals surface area contributed by atoms with Gasteiger partial charge in [0, 0.05) is 19.3 Å². The van der Waals surface area contributed by atoms with E-state index in [2.05, 4.69) is 4.98 Å². The molecular weight excluding hydrogens is 289 g/mol. The molecule has 0 bridgehead atoms. The molecule has 5 nitrogen and oxygen atoms in total. The number of aliphatic carboxylic acids is 1. The minimum atomic E-state index is -4.39. The number of carboxylic acid groups (broad SMARTS) is 1. The van der Waals surface area contributed by atoms with E-state index in [0.717, 1.165) is 12.3 Å². The second-order valence-electron chi connectivity index (χ2n) is 4.79. The Morgan fingerprint density at radius 2 is 2.05 bits per heavy atom. The predicted molar refractivity (Wildman–Crippen MR) is 68.1 cm³/mol. The van der Waals surface area contributed by atoms with Crippen molar-refractivity contribution in [2.24, 2.45) is 0 Å². The minimum absolute atomic E-state index is 0.133. The summed E-state index contributed by atoms with van der Waals surface area (Å²) in [5.74, 6) is -0.526. The summed E-state index contributed by atoms with van der Waals surface area (Å²) in [5.41, 5.74) is -0.772. The third-order valence-corrected chi connectivity index (χ3v) is 3.28. The third kappa shape index (κ3) is 4.32. The molecule has 1 fully saturated rings. The largest absolute Gasteiger partial charge is 0.480 e. The highest BCUT2D eigenvalue weighted by atomic mass is 19.4. The van der Waals surface area contributed by atoms with Crippen molar-refractivity contribution < 1.29 is 27.8 Å². The van der Waals surface area contributed by atoms with Crippen LogP contribution in [0.2, 0.25) is 0 Å². The average molecular weight is 304 g/mol. The molecule has 0 unspecified atom stereocenters.